The molecule has 0 aromatic carbocycles. The van der Waals surface area contributed by atoms with E-state index in [1.807, 2.05) is 11.8 Å². The minimum Gasteiger partial charge on any atom is -0.376 e. The number of carbonyl (C=O) groups is 1. The van der Waals surface area contributed by atoms with E-state index in [-0.39, 0.29) is 18.3 Å². The van der Waals surface area contributed by atoms with Crippen LogP contribution < -0.4 is 5.73 Å². The lowest BCUT2D eigenvalue weighted by atomic mass is 9.93. The van der Waals surface area contributed by atoms with E-state index in [4.69, 9.17) is 10.5 Å². The van der Waals surface area contributed by atoms with Crippen LogP contribution in [0.2, 0.25) is 0 Å². The van der Waals surface area contributed by atoms with Crippen LogP contribution in [0.5, 0.6) is 0 Å². The number of halogens is 1. The van der Waals surface area contributed by atoms with Gasteiger partial charge >= 0.3 is 0 Å². The van der Waals surface area contributed by atoms with Gasteiger partial charge in [0, 0.05) is 32.2 Å². The Morgan fingerprint density at radius 2 is 1.95 bits per heavy atom. The molecule has 0 aromatic rings. The van der Waals surface area contributed by atoms with Crippen LogP contribution in [0.1, 0.15) is 46.5 Å². The Kier molecular flexibility index (Phi) is 7.59. The first-order valence-electron chi connectivity index (χ1n) is 8.38. The van der Waals surface area contributed by atoms with E-state index in [2.05, 4.69) is 18.7 Å². The van der Waals surface area contributed by atoms with E-state index in [1.165, 1.54) is 0 Å². The topological polar surface area (TPSA) is 58.8 Å². The lowest BCUT2D eigenvalue weighted by Crippen LogP contribution is -2.57. The Bertz CT molecular complexity index is 357. The molecule has 0 aromatic heterocycles. The molecule has 0 radical (unpaired) electrons. The predicted octanol–water partition coefficient (Wildman–Crippen LogP) is 1.64. The Labute approximate surface area is 140 Å². The van der Waals surface area contributed by atoms with Crippen LogP contribution in [-0.4, -0.2) is 66.2 Å². The Hall–Kier alpha value is -0.360. The first kappa shape index (κ1) is 19.7. The van der Waals surface area contributed by atoms with E-state index < -0.39 is 5.54 Å². The Morgan fingerprint density at radius 1 is 1.32 bits per heavy atom. The standard InChI is InChI=1S/C16H31N3O2.ClH/c1-4-7-16(3,17)15(20)18-8-5-14(6-9-18)19-10-11-21-13(2)12-19;/h13-14H,4-12,17H2,1-3H3;1H. The smallest absolute Gasteiger partial charge is 0.242 e. The molecule has 0 aliphatic carbocycles. The van der Waals surface area contributed by atoms with Gasteiger partial charge in [0.15, 0.2) is 0 Å². The fourth-order valence-electron chi connectivity index (χ4n) is 3.60. The van der Waals surface area contributed by atoms with Crippen molar-refractivity contribution in [1.29, 1.82) is 0 Å². The third-order valence-electron chi connectivity index (χ3n) is 4.80. The number of amides is 1. The van der Waals surface area contributed by atoms with Crippen LogP contribution in [0.4, 0.5) is 0 Å². The van der Waals surface area contributed by atoms with Gasteiger partial charge in [0.25, 0.3) is 0 Å². The quantitative estimate of drug-likeness (QED) is 0.849. The lowest BCUT2D eigenvalue weighted by Gasteiger charge is -2.43. The van der Waals surface area contributed by atoms with Crippen LogP contribution in [0, 0.1) is 0 Å². The lowest BCUT2D eigenvalue weighted by molar-refractivity contribution is -0.138. The molecule has 22 heavy (non-hydrogen) atoms. The van der Waals surface area contributed by atoms with Gasteiger partial charge in [-0.2, -0.15) is 0 Å². The number of carbonyl (C=O) groups excluding carboxylic acids is 1. The normalized spacial score (nSPS) is 27.1. The average molecular weight is 334 g/mol. The highest BCUT2D eigenvalue weighted by molar-refractivity contribution is 5.86. The number of hydrogen-bond donors (Lipinski definition) is 1. The summed E-state index contributed by atoms with van der Waals surface area (Å²) >= 11 is 0. The molecule has 0 bridgehead atoms. The van der Waals surface area contributed by atoms with E-state index in [9.17, 15) is 4.79 Å². The molecule has 2 N–H and O–H groups in total. The largest absolute Gasteiger partial charge is 0.376 e. The first-order chi connectivity index (χ1) is 9.94. The van der Waals surface area contributed by atoms with Crippen molar-refractivity contribution in [1.82, 2.24) is 9.80 Å². The number of nitrogens with zero attached hydrogens (tertiary/aromatic N) is 2. The molecular weight excluding hydrogens is 302 g/mol. The zero-order chi connectivity index (χ0) is 15.5. The molecule has 5 nitrogen and oxygen atoms in total. The average Bonchev–Trinajstić information content (AvgIpc) is 2.46. The summed E-state index contributed by atoms with van der Waals surface area (Å²) in [5, 5.41) is 0. The Balaban J connectivity index is 0.00000242. The van der Waals surface area contributed by atoms with Crippen molar-refractivity contribution in [3.8, 4) is 0 Å². The SMILES string of the molecule is CCCC(C)(N)C(=O)N1CCC(N2CCOC(C)C2)CC1.Cl. The summed E-state index contributed by atoms with van der Waals surface area (Å²) in [6, 6.07) is 0.593. The van der Waals surface area contributed by atoms with Gasteiger partial charge in [0.05, 0.1) is 18.2 Å². The number of rotatable bonds is 4. The number of nitrogens with two attached hydrogens (primary N) is 1. The molecule has 2 saturated heterocycles. The first-order valence-corrected chi connectivity index (χ1v) is 8.38. The molecule has 2 unspecified atom stereocenters. The second-order valence-corrected chi connectivity index (χ2v) is 6.87. The third-order valence-corrected chi connectivity index (χ3v) is 4.80. The summed E-state index contributed by atoms with van der Waals surface area (Å²) < 4.78 is 5.61. The van der Waals surface area contributed by atoms with Crippen molar-refractivity contribution in [2.24, 2.45) is 5.73 Å². The van der Waals surface area contributed by atoms with Gasteiger partial charge in [-0.15, -0.1) is 12.4 Å². The van der Waals surface area contributed by atoms with Gasteiger partial charge in [-0.3, -0.25) is 9.69 Å². The van der Waals surface area contributed by atoms with Crippen molar-refractivity contribution in [3.63, 3.8) is 0 Å². The molecule has 2 atom stereocenters. The fourth-order valence-corrected chi connectivity index (χ4v) is 3.60. The van der Waals surface area contributed by atoms with Crippen molar-refractivity contribution in [3.05, 3.63) is 0 Å². The highest BCUT2D eigenvalue weighted by Crippen LogP contribution is 2.22. The highest BCUT2D eigenvalue weighted by Gasteiger charge is 2.35. The Morgan fingerprint density at radius 3 is 2.50 bits per heavy atom. The molecule has 0 saturated carbocycles. The van der Waals surface area contributed by atoms with Crippen molar-refractivity contribution in [2.75, 3.05) is 32.8 Å². The maximum atomic E-state index is 12.5. The molecule has 130 valence electrons. The molecule has 2 fully saturated rings. The van der Waals surface area contributed by atoms with Crippen LogP contribution in [0.3, 0.4) is 0 Å². The molecule has 2 aliphatic heterocycles. The summed E-state index contributed by atoms with van der Waals surface area (Å²) in [6.07, 6.45) is 4.14. The molecular formula is C16H32ClN3O2. The maximum absolute atomic E-state index is 12.5. The number of morpholine rings is 1. The van der Waals surface area contributed by atoms with Gasteiger partial charge in [0.1, 0.15) is 0 Å². The summed E-state index contributed by atoms with van der Waals surface area (Å²) in [6.45, 7) is 10.6. The van der Waals surface area contributed by atoms with Crippen LogP contribution in [0.25, 0.3) is 0 Å². The van der Waals surface area contributed by atoms with Crippen molar-refractivity contribution >= 4 is 18.3 Å². The van der Waals surface area contributed by atoms with Crippen LogP contribution in [-0.2, 0) is 9.53 Å². The third kappa shape index (κ3) is 4.82. The van der Waals surface area contributed by atoms with Crippen LogP contribution >= 0.6 is 12.4 Å². The second kappa shape index (κ2) is 8.48. The monoisotopic (exact) mass is 333 g/mol. The zero-order valence-electron chi connectivity index (χ0n) is 14.2. The molecule has 6 heteroatoms. The number of hydrogen-bond acceptors (Lipinski definition) is 4. The number of likely N-dealkylation sites (tertiary alicyclic amines) is 1. The fraction of sp³-hybridized carbons (Fsp3) is 0.938. The van der Waals surface area contributed by atoms with Gasteiger partial charge in [0.2, 0.25) is 5.91 Å². The molecule has 2 aliphatic rings. The van der Waals surface area contributed by atoms with E-state index >= 15 is 0 Å². The van der Waals surface area contributed by atoms with Gasteiger partial charge < -0.3 is 15.4 Å². The summed E-state index contributed by atoms with van der Waals surface area (Å²) in [5.74, 6) is 0.123. The van der Waals surface area contributed by atoms with Crippen molar-refractivity contribution < 1.29 is 9.53 Å². The van der Waals surface area contributed by atoms with Crippen molar-refractivity contribution in [2.45, 2.75) is 64.1 Å². The number of ether oxygens (including phenoxy) is 1. The highest BCUT2D eigenvalue weighted by atomic mass is 35.5. The maximum Gasteiger partial charge on any atom is 0.242 e. The summed E-state index contributed by atoms with van der Waals surface area (Å²) in [5.41, 5.74) is 5.48. The molecule has 2 rings (SSSR count). The molecule has 1 amide bonds. The molecule has 2 heterocycles. The van der Waals surface area contributed by atoms with E-state index in [1.54, 1.807) is 0 Å². The second-order valence-electron chi connectivity index (χ2n) is 6.87. The van der Waals surface area contributed by atoms with Gasteiger partial charge in [-0.05, 0) is 33.1 Å². The van der Waals surface area contributed by atoms with E-state index in [0.29, 0.717) is 12.1 Å². The summed E-state index contributed by atoms with van der Waals surface area (Å²) in [7, 11) is 0. The zero-order valence-corrected chi connectivity index (χ0v) is 15.0. The van der Waals surface area contributed by atoms with Gasteiger partial charge in [-0.25, -0.2) is 0 Å². The van der Waals surface area contributed by atoms with Crippen LogP contribution in [0.15, 0.2) is 0 Å². The number of piperidine rings is 1. The predicted molar refractivity (Wildman–Crippen MR) is 91.3 cm³/mol. The molecule has 0 spiro atoms. The van der Waals surface area contributed by atoms with E-state index in [0.717, 1.165) is 58.5 Å². The summed E-state index contributed by atoms with van der Waals surface area (Å²) in [4.78, 5) is 17.0. The minimum atomic E-state index is -0.699. The van der Waals surface area contributed by atoms with Gasteiger partial charge in [-0.1, -0.05) is 13.3 Å². The minimum absolute atomic E-state index is 0.